The van der Waals surface area contributed by atoms with Crippen molar-refractivity contribution in [2.45, 2.75) is 26.2 Å². The van der Waals surface area contributed by atoms with Crippen LogP contribution in [0.1, 0.15) is 31.7 Å². The zero-order valence-corrected chi connectivity index (χ0v) is 13.7. The topological polar surface area (TPSA) is 39.7 Å². The summed E-state index contributed by atoms with van der Waals surface area (Å²) in [4.78, 5) is 0. The molecular formula is C17H27NO3. The van der Waals surface area contributed by atoms with Gasteiger partial charge < -0.3 is 19.5 Å². The Morgan fingerprint density at radius 2 is 1.71 bits per heavy atom. The normalized spacial score (nSPS) is 20.5. The van der Waals surface area contributed by atoms with Crippen LogP contribution in [0.2, 0.25) is 0 Å². The van der Waals surface area contributed by atoms with Crippen molar-refractivity contribution in [2.24, 2.45) is 11.8 Å². The maximum Gasteiger partial charge on any atom is 0.129 e. The molecule has 1 aliphatic rings. The molecule has 1 saturated carbocycles. The predicted octanol–water partition coefficient (Wildman–Crippen LogP) is 3.06. The first-order chi connectivity index (χ1) is 10.1. The number of ether oxygens (including phenoxy) is 3. The molecule has 1 fully saturated rings. The highest BCUT2D eigenvalue weighted by molar-refractivity contribution is 5.54. The van der Waals surface area contributed by atoms with E-state index in [0.717, 1.165) is 30.3 Å². The van der Waals surface area contributed by atoms with Gasteiger partial charge in [-0.3, -0.25) is 0 Å². The van der Waals surface area contributed by atoms with E-state index in [-0.39, 0.29) is 0 Å². The first kappa shape index (κ1) is 16.0. The quantitative estimate of drug-likeness (QED) is 0.799. The molecule has 1 N–H and O–H groups in total. The van der Waals surface area contributed by atoms with Gasteiger partial charge in [0.25, 0.3) is 0 Å². The van der Waals surface area contributed by atoms with Crippen molar-refractivity contribution in [2.75, 3.05) is 34.4 Å². The van der Waals surface area contributed by atoms with Gasteiger partial charge in [0, 0.05) is 17.7 Å². The molecule has 4 nitrogen and oxygen atoms in total. The molecule has 2 atom stereocenters. The molecule has 0 saturated heterocycles. The average molecular weight is 293 g/mol. The Labute approximate surface area is 127 Å². The summed E-state index contributed by atoms with van der Waals surface area (Å²) in [5.41, 5.74) is 1.18. The van der Waals surface area contributed by atoms with E-state index >= 15 is 0 Å². The molecule has 0 heterocycles. The van der Waals surface area contributed by atoms with Gasteiger partial charge in [-0.15, -0.1) is 0 Å². The van der Waals surface area contributed by atoms with E-state index in [2.05, 4.69) is 19.2 Å². The Bertz CT molecular complexity index is 448. The molecule has 0 aliphatic heterocycles. The lowest BCUT2D eigenvalue weighted by molar-refractivity contribution is 0.368. The third-order valence-corrected chi connectivity index (χ3v) is 4.01. The standard InChI is InChI=1S/C17H27NO3/c1-11(2)9-18-10-12-6-14(12)17-15(20-4)7-13(19-3)8-16(17)21-5/h7-8,11-12,14,18H,6,9-10H2,1-5H3. The largest absolute Gasteiger partial charge is 0.496 e. The number of methoxy groups -OCH3 is 3. The monoisotopic (exact) mass is 293 g/mol. The minimum absolute atomic E-state index is 0.514. The highest BCUT2D eigenvalue weighted by Gasteiger charge is 2.41. The second kappa shape index (κ2) is 7.03. The molecule has 4 heteroatoms. The third kappa shape index (κ3) is 3.82. The van der Waals surface area contributed by atoms with E-state index < -0.39 is 0 Å². The van der Waals surface area contributed by atoms with Crippen LogP contribution in [0.5, 0.6) is 17.2 Å². The van der Waals surface area contributed by atoms with Crippen molar-refractivity contribution < 1.29 is 14.2 Å². The molecule has 1 aromatic carbocycles. The van der Waals surface area contributed by atoms with Gasteiger partial charge in [-0.25, -0.2) is 0 Å². The van der Waals surface area contributed by atoms with E-state index in [1.54, 1.807) is 21.3 Å². The van der Waals surface area contributed by atoms with Gasteiger partial charge in [-0.05, 0) is 37.3 Å². The molecule has 118 valence electrons. The zero-order valence-electron chi connectivity index (χ0n) is 13.7. The van der Waals surface area contributed by atoms with Crippen LogP contribution in [0.25, 0.3) is 0 Å². The molecule has 2 rings (SSSR count). The van der Waals surface area contributed by atoms with E-state index in [0.29, 0.717) is 17.8 Å². The summed E-state index contributed by atoms with van der Waals surface area (Å²) >= 11 is 0. The number of rotatable bonds is 8. The minimum atomic E-state index is 0.514. The maximum atomic E-state index is 5.54. The fraction of sp³-hybridized carbons (Fsp3) is 0.647. The number of benzene rings is 1. The molecule has 0 radical (unpaired) electrons. The highest BCUT2D eigenvalue weighted by atomic mass is 16.5. The third-order valence-electron chi connectivity index (χ3n) is 4.01. The Kier molecular flexibility index (Phi) is 5.34. The summed E-state index contributed by atoms with van der Waals surface area (Å²) < 4.78 is 16.4. The SMILES string of the molecule is COc1cc(OC)c(C2CC2CNCC(C)C)c(OC)c1. The Balaban J connectivity index is 2.09. The van der Waals surface area contributed by atoms with Gasteiger partial charge in [-0.2, -0.15) is 0 Å². The second-order valence-corrected chi connectivity index (χ2v) is 6.10. The summed E-state index contributed by atoms with van der Waals surface area (Å²) in [6, 6.07) is 3.88. The molecule has 0 spiro atoms. The number of hydrogen-bond acceptors (Lipinski definition) is 4. The van der Waals surface area contributed by atoms with Gasteiger partial charge in [0.2, 0.25) is 0 Å². The molecule has 1 aromatic rings. The lowest BCUT2D eigenvalue weighted by Crippen LogP contribution is -2.22. The van der Waals surface area contributed by atoms with E-state index in [1.807, 2.05) is 12.1 Å². The highest BCUT2D eigenvalue weighted by Crippen LogP contribution is 2.54. The second-order valence-electron chi connectivity index (χ2n) is 6.10. The molecule has 0 amide bonds. The molecule has 2 unspecified atom stereocenters. The van der Waals surface area contributed by atoms with Crippen LogP contribution in [0.3, 0.4) is 0 Å². The summed E-state index contributed by atoms with van der Waals surface area (Å²) in [5.74, 6) is 4.36. The van der Waals surface area contributed by atoms with Crippen LogP contribution < -0.4 is 19.5 Å². The smallest absolute Gasteiger partial charge is 0.129 e. The van der Waals surface area contributed by atoms with Crippen molar-refractivity contribution in [3.05, 3.63) is 17.7 Å². The van der Waals surface area contributed by atoms with Crippen LogP contribution >= 0.6 is 0 Å². The van der Waals surface area contributed by atoms with Gasteiger partial charge in [0.15, 0.2) is 0 Å². The molecule has 0 aromatic heterocycles. The predicted molar refractivity (Wildman–Crippen MR) is 84.7 cm³/mol. The molecule has 21 heavy (non-hydrogen) atoms. The molecule has 1 aliphatic carbocycles. The van der Waals surface area contributed by atoms with Gasteiger partial charge >= 0.3 is 0 Å². The van der Waals surface area contributed by atoms with Crippen LogP contribution in [0.4, 0.5) is 0 Å². The van der Waals surface area contributed by atoms with Gasteiger partial charge in [0.05, 0.1) is 21.3 Å². The van der Waals surface area contributed by atoms with Crippen molar-refractivity contribution in [1.29, 1.82) is 0 Å². The summed E-state index contributed by atoms with van der Waals surface area (Å²) in [6.45, 7) is 6.58. The fourth-order valence-electron chi connectivity index (χ4n) is 2.78. The van der Waals surface area contributed by atoms with E-state index in [9.17, 15) is 0 Å². The van der Waals surface area contributed by atoms with Crippen LogP contribution in [0.15, 0.2) is 12.1 Å². The summed E-state index contributed by atoms with van der Waals surface area (Å²) in [6.07, 6.45) is 1.18. The average Bonchev–Trinajstić information content (AvgIpc) is 3.24. The summed E-state index contributed by atoms with van der Waals surface area (Å²) in [5, 5.41) is 3.54. The lowest BCUT2D eigenvalue weighted by atomic mass is 10.1. The fourth-order valence-corrected chi connectivity index (χ4v) is 2.78. The van der Waals surface area contributed by atoms with Crippen LogP contribution in [-0.4, -0.2) is 34.4 Å². The van der Waals surface area contributed by atoms with Crippen LogP contribution in [0, 0.1) is 11.8 Å². The lowest BCUT2D eigenvalue weighted by Gasteiger charge is -2.15. The Morgan fingerprint density at radius 3 is 2.19 bits per heavy atom. The maximum absolute atomic E-state index is 5.54. The van der Waals surface area contributed by atoms with E-state index in [4.69, 9.17) is 14.2 Å². The van der Waals surface area contributed by atoms with Crippen molar-refractivity contribution in [3.63, 3.8) is 0 Å². The first-order valence-corrected chi connectivity index (χ1v) is 7.61. The van der Waals surface area contributed by atoms with Crippen LogP contribution in [-0.2, 0) is 0 Å². The number of nitrogens with one attached hydrogen (secondary N) is 1. The van der Waals surface area contributed by atoms with Gasteiger partial charge in [0.1, 0.15) is 17.2 Å². The molecular weight excluding hydrogens is 266 g/mol. The Morgan fingerprint density at radius 1 is 1.10 bits per heavy atom. The van der Waals surface area contributed by atoms with Crippen molar-refractivity contribution >= 4 is 0 Å². The minimum Gasteiger partial charge on any atom is -0.496 e. The van der Waals surface area contributed by atoms with E-state index in [1.165, 1.54) is 12.0 Å². The van der Waals surface area contributed by atoms with Crippen molar-refractivity contribution in [3.8, 4) is 17.2 Å². The number of hydrogen-bond donors (Lipinski definition) is 1. The molecule has 0 bridgehead atoms. The Hall–Kier alpha value is -1.42. The summed E-state index contributed by atoms with van der Waals surface area (Å²) in [7, 11) is 5.06. The van der Waals surface area contributed by atoms with Crippen molar-refractivity contribution in [1.82, 2.24) is 5.32 Å². The van der Waals surface area contributed by atoms with Gasteiger partial charge in [-0.1, -0.05) is 13.8 Å². The first-order valence-electron chi connectivity index (χ1n) is 7.61. The zero-order chi connectivity index (χ0) is 15.4.